The Bertz CT molecular complexity index is 865. The van der Waals surface area contributed by atoms with Gasteiger partial charge in [-0.15, -0.1) is 0 Å². The Morgan fingerprint density at radius 1 is 1.07 bits per heavy atom. The first kappa shape index (κ1) is 21.2. The SMILES string of the molecule is Cc1cccc(C)c1NC(=O)COC(=O)C[C@@H](NC(N)=O)c1ccccc1Cl. The lowest BCUT2D eigenvalue weighted by Gasteiger charge is -2.18. The van der Waals surface area contributed by atoms with Gasteiger partial charge in [0.15, 0.2) is 6.61 Å². The fraction of sp³-hybridized carbons (Fsp3) is 0.250. The topological polar surface area (TPSA) is 111 Å². The highest BCUT2D eigenvalue weighted by Gasteiger charge is 2.21. The summed E-state index contributed by atoms with van der Waals surface area (Å²) < 4.78 is 5.04. The number of amides is 3. The molecule has 28 heavy (non-hydrogen) atoms. The molecule has 7 nitrogen and oxygen atoms in total. The van der Waals surface area contributed by atoms with Gasteiger partial charge in [0.2, 0.25) is 0 Å². The van der Waals surface area contributed by atoms with Crippen LogP contribution in [0.1, 0.15) is 29.2 Å². The number of carbonyl (C=O) groups excluding carboxylic acids is 3. The quantitative estimate of drug-likeness (QED) is 0.616. The van der Waals surface area contributed by atoms with Gasteiger partial charge in [0, 0.05) is 10.7 Å². The molecule has 1 atom stereocenters. The molecule has 8 heteroatoms. The highest BCUT2D eigenvalue weighted by Crippen LogP contribution is 2.25. The fourth-order valence-corrected chi connectivity index (χ4v) is 2.99. The molecule has 0 heterocycles. The third-order valence-corrected chi connectivity index (χ3v) is 4.42. The summed E-state index contributed by atoms with van der Waals surface area (Å²) in [6, 6.07) is 10.8. The minimum absolute atomic E-state index is 0.219. The zero-order valence-corrected chi connectivity index (χ0v) is 16.4. The molecule has 4 N–H and O–H groups in total. The number of hydrogen-bond donors (Lipinski definition) is 3. The van der Waals surface area contributed by atoms with Crippen molar-refractivity contribution in [3.8, 4) is 0 Å². The van der Waals surface area contributed by atoms with Crippen molar-refractivity contribution >= 4 is 35.2 Å². The molecule has 0 aliphatic rings. The molecule has 2 aromatic carbocycles. The molecule has 0 saturated heterocycles. The second-order valence-corrected chi connectivity index (χ2v) is 6.67. The summed E-state index contributed by atoms with van der Waals surface area (Å²) in [6.07, 6.45) is -0.219. The Morgan fingerprint density at radius 2 is 1.71 bits per heavy atom. The van der Waals surface area contributed by atoms with Gasteiger partial charge >= 0.3 is 12.0 Å². The van der Waals surface area contributed by atoms with Gasteiger partial charge in [0.25, 0.3) is 5.91 Å². The molecule has 0 fully saturated rings. The Kier molecular flexibility index (Phi) is 7.40. The van der Waals surface area contributed by atoms with E-state index in [-0.39, 0.29) is 6.42 Å². The van der Waals surface area contributed by atoms with Crippen LogP contribution in [-0.4, -0.2) is 24.5 Å². The van der Waals surface area contributed by atoms with Crippen molar-refractivity contribution < 1.29 is 19.1 Å². The Morgan fingerprint density at radius 3 is 2.32 bits per heavy atom. The Hall–Kier alpha value is -3.06. The van der Waals surface area contributed by atoms with Crippen LogP contribution in [0.4, 0.5) is 10.5 Å². The zero-order valence-electron chi connectivity index (χ0n) is 15.6. The predicted octanol–water partition coefficient (Wildman–Crippen LogP) is 3.24. The molecule has 0 spiro atoms. The minimum atomic E-state index is -0.800. The molecule has 148 valence electrons. The lowest BCUT2D eigenvalue weighted by molar-refractivity contribution is -0.147. The number of hydrogen-bond acceptors (Lipinski definition) is 4. The number of halogens is 1. The van der Waals surface area contributed by atoms with Crippen molar-refractivity contribution in [2.75, 3.05) is 11.9 Å². The maximum Gasteiger partial charge on any atom is 0.312 e. The van der Waals surface area contributed by atoms with E-state index >= 15 is 0 Å². The van der Waals surface area contributed by atoms with E-state index in [2.05, 4.69) is 10.6 Å². The number of esters is 1. The van der Waals surface area contributed by atoms with E-state index in [0.717, 1.165) is 11.1 Å². The number of anilines is 1. The summed E-state index contributed by atoms with van der Waals surface area (Å²) in [5, 5.41) is 5.57. The van der Waals surface area contributed by atoms with Crippen molar-refractivity contribution in [1.29, 1.82) is 0 Å². The number of primary amides is 1. The van der Waals surface area contributed by atoms with E-state index in [1.54, 1.807) is 24.3 Å². The van der Waals surface area contributed by atoms with Crippen LogP contribution in [0, 0.1) is 13.8 Å². The van der Waals surface area contributed by atoms with Crippen molar-refractivity contribution in [2.45, 2.75) is 26.3 Å². The third kappa shape index (κ3) is 5.99. The second kappa shape index (κ2) is 9.75. The van der Waals surface area contributed by atoms with Crippen LogP contribution in [0.25, 0.3) is 0 Å². The molecular formula is C20H22ClN3O4. The summed E-state index contributed by atoms with van der Waals surface area (Å²) in [5.41, 5.74) is 8.21. The van der Waals surface area contributed by atoms with Crippen LogP contribution in [0.2, 0.25) is 5.02 Å². The Balaban J connectivity index is 1.96. The van der Waals surface area contributed by atoms with E-state index in [4.69, 9.17) is 22.1 Å². The fourth-order valence-electron chi connectivity index (χ4n) is 2.73. The minimum Gasteiger partial charge on any atom is -0.455 e. The van der Waals surface area contributed by atoms with Gasteiger partial charge in [-0.2, -0.15) is 0 Å². The lowest BCUT2D eigenvalue weighted by Crippen LogP contribution is -2.35. The van der Waals surface area contributed by atoms with E-state index in [9.17, 15) is 14.4 Å². The standard InChI is InChI=1S/C20H22ClN3O4/c1-12-6-5-7-13(2)19(12)24-17(25)11-28-18(26)10-16(23-20(22)27)14-8-3-4-9-15(14)21/h3-9,16H,10-11H2,1-2H3,(H,24,25)(H3,22,23,27)/t16-/m1/s1. The summed E-state index contributed by atoms with van der Waals surface area (Å²) >= 11 is 6.12. The van der Waals surface area contributed by atoms with Crippen LogP contribution >= 0.6 is 11.6 Å². The number of benzene rings is 2. The van der Waals surface area contributed by atoms with Crippen LogP contribution in [0.3, 0.4) is 0 Å². The molecule has 0 aliphatic heterocycles. The molecule has 0 saturated carbocycles. The zero-order chi connectivity index (χ0) is 20.7. The van der Waals surface area contributed by atoms with Crippen LogP contribution in [0.5, 0.6) is 0 Å². The van der Waals surface area contributed by atoms with E-state index in [0.29, 0.717) is 16.3 Å². The predicted molar refractivity (Wildman–Crippen MR) is 107 cm³/mol. The highest BCUT2D eigenvalue weighted by atomic mass is 35.5. The van der Waals surface area contributed by atoms with Crippen LogP contribution < -0.4 is 16.4 Å². The van der Waals surface area contributed by atoms with Crippen LogP contribution in [-0.2, 0) is 14.3 Å². The first-order chi connectivity index (χ1) is 13.3. The average Bonchev–Trinajstić information content (AvgIpc) is 2.63. The van der Waals surface area contributed by atoms with Crippen LogP contribution in [0.15, 0.2) is 42.5 Å². The molecule has 0 aromatic heterocycles. The maximum atomic E-state index is 12.2. The number of aryl methyl sites for hydroxylation is 2. The molecule has 0 aliphatic carbocycles. The number of carbonyl (C=O) groups is 3. The average molecular weight is 404 g/mol. The smallest absolute Gasteiger partial charge is 0.312 e. The highest BCUT2D eigenvalue weighted by molar-refractivity contribution is 6.31. The summed E-state index contributed by atoms with van der Waals surface area (Å²) in [6.45, 7) is 3.30. The van der Waals surface area contributed by atoms with Gasteiger partial charge in [0.1, 0.15) is 0 Å². The molecule has 2 aromatic rings. The van der Waals surface area contributed by atoms with Crippen molar-refractivity contribution in [3.05, 3.63) is 64.2 Å². The summed E-state index contributed by atoms with van der Waals surface area (Å²) in [5.74, 6) is -1.13. The number of nitrogens with two attached hydrogens (primary N) is 1. The lowest BCUT2D eigenvalue weighted by atomic mass is 10.0. The third-order valence-electron chi connectivity index (χ3n) is 4.08. The number of urea groups is 1. The maximum absolute atomic E-state index is 12.2. The number of rotatable bonds is 7. The molecule has 3 amide bonds. The van der Waals surface area contributed by atoms with Gasteiger partial charge in [-0.1, -0.05) is 48.0 Å². The second-order valence-electron chi connectivity index (χ2n) is 6.26. The number of para-hydroxylation sites is 1. The Labute approximate surface area is 168 Å². The monoisotopic (exact) mass is 403 g/mol. The van der Waals surface area contributed by atoms with Gasteiger partial charge in [-0.3, -0.25) is 9.59 Å². The van der Waals surface area contributed by atoms with Crippen molar-refractivity contribution in [2.24, 2.45) is 5.73 Å². The molecule has 0 unspecified atom stereocenters. The van der Waals surface area contributed by atoms with E-state index in [1.807, 2.05) is 32.0 Å². The summed E-state index contributed by atoms with van der Waals surface area (Å²) in [7, 11) is 0. The van der Waals surface area contributed by atoms with Gasteiger partial charge in [0.05, 0.1) is 12.5 Å². The summed E-state index contributed by atoms with van der Waals surface area (Å²) in [4.78, 5) is 35.5. The first-order valence-corrected chi connectivity index (χ1v) is 8.97. The van der Waals surface area contributed by atoms with E-state index in [1.165, 1.54) is 0 Å². The number of ether oxygens (including phenoxy) is 1. The van der Waals surface area contributed by atoms with E-state index < -0.39 is 30.6 Å². The molecule has 0 bridgehead atoms. The number of nitrogens with one attached hydrogen (secondary N) is 2. The van der Waals surface area contributed by atoms with Gasteiger partial charge in [-0.05, 0) is 36.6 Å². The van der Waals surface area contributed by atoms with Crippen molar-refractivity contribution in [1.82, 2.24) is 5.32 Å². The normalized spacial score (nSPS) is 11.4. The van der Waals surface area contributed by atoms with Gasteiger partial charge < -0.3 is 21.1 Å². The first-order valence-electron chi connectivity index (χ1n) is 8.60. The van der Waals surface area contributed by atoms with Crippen molar-refractivity contribution in [3.63, 3.8) is 0 Å². The molecular weight excluding hydrogens is 382 g/mol. The van der Waals surface area contributed by atoms with Gasteiger partial charge in [-0.25, -0.2) is 4.79 Å². The largest absolute Gasteiger partial charge is 0.455 e. The molecule has 2 rings (SSSR count). The molecule has 0 radical (unpaired) electrons.